The largest absolute Gasteiger partial charge is 0.467 e. The fourth-order valence-corrected chi connectivity index (χ4v) is 2.60. The number of carbonyl (C=O) groups excluding carboxylic acids is 1. The Labute approximate surface area is 155 Å². The van der Waals surface area contributed by atoms with Gasteiger partial charge in [-0.05, 0) is 29.3 Å². The number of amides is 1. The fourth-order valence-electron chi connectivity index (χ4n) is 2.60. The van der Waals surface area contributed by atoms with Crippen molar-refractivity contribution in [2.24, 2.45) is 0 Å². The van der Waals surface area contributed by atoms with Gasteiger partial charge in [0.1, 0.15) is 17.9 Å². The number of rotatable bonds is 8. The number of hydrogen-bond donors (Lipinski definition) is 1. The molecule has 138 valence electrons. The van der Waals surface area contributed by atoms with Gasteiger partial charge in [-0.1, -0.05) is 36.4 Å². The molecule has 1 aromatic heterocycles. The lowest BCUT2D eigenvalue weighted by Crippen LogP contribution is -2.23. The molecule has 0 fully saturated rings. The quantitative estimate of drug-likeness (QED) is 0.483. The van der Waals surface area contributed by atoms with Gasteiger partial charge in [-0.15, -0.1) is 0 Å². The van der Waals surface area contributed by atoms with Crippen LogP contribution in [0.5, 0.6) is 0 Å². The summed E-state index contributed by atoms with van der Waals surface area (Å²) >= 11 is 0. The second-order valence-electron chi connectivity index (χ2n) is 5.85. The SMILES string of the molecule is O=C(NCc1cccc(COCc2ccco2)c1)c1ccccc1[N+](=O)[O-]. The standard InChI is InChI=1S/C20H18N2O5/c23-20(18-8-1-2-9-19(18)22(24)25)21-12-15-5-3-6-16(11-15)13-26-14-17-7-4-10-27-17/h1-11H,12-14H2,(H,21,23). The number of benzene rings is 2. The van der Waals surface area contributed by atoms with Gasteiger partial charge in [0.25, 0.3) is 11.6 Å². The van der Waals surface area contributed by atoms with E-state index in [9.17, 15) is 14.9 Å². The van der Waals surface area contributed by atoms with Crippen molar-refractivity contribution < 1.29 is 18.9 Å². The van der Waals surface area contributed by atoms with Crippen molar-refractivity contribution in [1.29, 1.82) is 0 Å². The molecule has 0 aliphatic rings. The van der Waals surface area contributed by atoms with Gasteiger partial charge >= 0.3 is 0 Å². The molecule has 1 heterocycles. The minimum absolute atomic E-state index is 0.0421. The van der Waals surface area contributed by atoms with Crippen molar-refractivity contribution >= 4 is 11.6 Å². The number of para-hydroxylation sites is 1. The monoisotopic (exact) mass is 366 g/mol. The molecule has 1 N–H and O–H groups in total. The number of nitrogens with one attached hydrogen (secondary N) is 1. The summed E-state index contributed by atoms with van der Waals surface area (Å²) in [5.41, 5.74) is 1.66. The Morgan fingerprint density at radius 2 is 1.85 bits per heavy atom. The zero-order valence-electron chi connectivity index (χ0n) is 14.5. The van der Waals surface area contributed by atoms with Crippen LogP contribution < -0.4 is 5.32 Å². The molecule has 1 amide bonds. The van der Waals surface area contributed by atoms with E-state index in [1.807, 2.05) is 30.3 Å². The third kappa shape index (κ3) is 5.02. The molecule has 0 aliphatic carbocycles. The third-order valence-electron chi connectivity index (χ3n) is 3.88. The summed E-state index contributed by atoms with van der Waals surface area (Å²) in [5, 5.41) is 13.8. The lowest BCUT2D eigenvalue weighted by Gasteiger charge is -2.08. The van der Waals surface area contributed by atoms with Crippen LogP contribution in [0.1, 0.15) is 27.2 Å². The Kier molecular flexibility index (Phi) is 5.96. The van der Waals surface area contributed by atoms with Gasteiger partial charge in [-0.25, -0.2) is 0 Å². The van der Waals surface area contributed by atoms with Crippen molar-refractivity contribution in [2.45, 2.75) is 19.8 Å². The maximum absolute atomic E-state index is 12.3. The van der Waals surface area contributed by atoms with E-state index in [0.29, 0.717) is 13.2 Å². The molecule has 3 aromatic rings. The summed E-state index contributed by atoms with van der Waals surface area (Å²) in [7, 11) is 0. The van der Waals surface area contributed by atoms with E-state index < -0.39 is 10.8 Å². The molecule has 0 radical (unpaired) electrons. The molecule has 7 heteroatoms. The number of nitro benzene ring substituents is 1. The van der Waals surface area contributed by atoms with Crippen LogP contribution in [0.4, 0.5) is 5.69 Å². The van der Waals surface area contributed by atoms with E-state index in [4.69, 9.17) is 9.15 Å². The highest BCUT2D eigenvalue weighted by molar-refractivity contribution is 5.98. The average Bonchev–Trinajstić information content (AvgIpc) is 3.20. The molecule has 3 rings (SSSR count). The van der Waals surface area contributed by atoms with Crippen LogP contribution in [0.25, 0.3) is 0 Å². The van der Waals surface area contributed by atoms with Crippen LogP contribution in [-0.4, -0.2) is 10.8 Å². The molecule has 0 saturated carbocycles. The Morgan fingerprint density at radius 1 is 1.04 bits per heavy atom. The summed E-state index contributed by atoms with van der Waals surface area (Å²) < 4.78 is 10.8. The van der Waals surface area contributed by atoms with Crippen molar-refractivity contribution in [3.05, 3.63) is 99.5 Å². The van der Waals surface area contributed by atoms with E-state index in [1.54, 1.807) is 18.4 Å². The number of ether oxygens (including phenoxy) is 1. The number of nitrogens with zero attached hydrogens (tertiary/aromatic N) is 1. The first-order valence-corrected chi connectivity index (χ1v) is 8.33. The molecule has 7 nitrogen and oxygen atoms in total. The number of carbonyl (C=O) groups is 1. The van der Waals surface area contributed by atoms with Crippen LogP contribution in [0.3, 0.4) is 0 Å². The van der Waals surface area contributed by atoms with Crippen molar-refractivity contribution in [3.8, 4) is 0 Å². The van der Waals surface area contributed by atoms with Gasteiger partial charge < -0.3 is 14.5 Å². The van der Waals surface area contributed by atoms with Crippen LogP contribution >= 0.6 is 0 Å². The summed E-state index contributed by atoms with van der Waals surface area (Å²) in [6.45, 7) is 1.05. The van der Waals surface area contributed by atoms with E-state index in [1.165, 1.54) is 18.2 Å². The molecule has 2 aromatic carbocycles. The highest BCUT2D eigenvalue weighted by atomic mass is 16.6. The van der Waals surface area contributed by atoms with E-state index >= 15 is 0 Å². The number of hydrogen-bond acceptors (Lipinski definition) is 5. The first-order chi connectivity index (χ1) is 13.1. The Morgan fingerprint density at radius 3 is 2.63 bits per heavy atom. The molecule has 27 heavy (non-hydrogen) atoms. The highest BCUT2D eigenvalue weighted by Gasteiger charge is 2.18. The van der Waals surface area contributed by atoms with Gasteiger partial charge in [0.05, 0.1) is 17.8 Å². The summed E-state index contributed by atoms with van der Waals surface area (Å²) in [6, 6.07) is 17.1. The van der Waals surface area contributed by atoms with Crippen LogP contribution in [-0.2, 0) is 24.5 Å². The smallest absolute Gasteiger partial charge is 0.282 e. The van der Waals surface area contributed by atoms with Gasteiger partial charge in [0.2, 0.25) is 0 Å². The Hall–Kier alpha value is -3.45. The van der Waals surface area contributed by atoms with Crippen LogP contribution in [0, 0.1) is 10.1 Å². The van der Waals surface area contributed by atoms with Gasteiger partial charge in [0.15, 0.2) is 0 Å². The van der Waals surface area contributed by atoms with E-state index in [2.05, 4.69) is 5.32 Å². The zero-order chi connectivity index (χ0) is 19.1. The predicted octanol–water partition coefficient (Wildman–Crippen LogP) is 3.83. The summed E-state index contributed by atoms with van der Waals surface area (Å²) in [5.74, 6) is 0.268. The van der Waals surface area contributed by atoms with Crippen molar-refractivity contribution in [2.75, 3.05) is 0 Å². The lowest BCUT2D eigenvalue weighted by molar-refractivity contribution is -0.385. The second kappa shape index (κ2) is 8.77. The summed E-state index contributed by atoms with van der Waals surface area (Å²) in [6.07, 6.45) is 1.60. The summed E-state index contributed by atoms with van der Waals surface area (Å²) in [4.78, 5) is 22.8. The van der Waals surface area contributed by atoms with Gasteiger partial charge in [-0.3, -0.25) is 14.9 Å². The first kappa shape index (κ1) is 18.3. The second-order valence-corrected chi connectivity index (χ2v) is 5.85. The minimum Gasteiger partial charge on any atom is -0.467 e. The highest BCUT2D eigenvalue weighted by Crippen LogP contribution is 2.17. The molecule has 0 aliphatic heterocycles. The Bertz CT molecular complexity index is 922. The first-order valence-electron chi connectivity index (χ1n) is 8.33. The minimum atomic E-state index is -0.564. The van der Waals surface area contributed by atoms with Crippen LogP contribution in [0.15, 0.2) is 71.3 Å². The fraction of sp³-hybridized carbons (Fsp3) is 0.150. The van der Waals surface area contributed by atoms with Crippen LogP contribution in [0.2, 0.25) is 0 Å². The number of furan rings is 1. The number of nitro groups is 1. The van der Waals surface area contributed by atoms with Crippen molar-refractivity contribution in [1.82, 2.24) is 5.32 Å². The lowest BCUT2D eigenvalue weighted by atomic mass is 10.1. The van der Waals surface area contributed by atoms with Gasteiger partial charge in [-0.2, -0.15) is 0 Å². The van der Waals surface area contributed by atoms with E-state index in [0.717, 1.165) is 16.9 Å². The average molecular weight is 366 g/mol. The Balaban J connectivity index is 1.56. The molecule has 0 unspecified atom stereocenters. The molecule has 0 atom stereocenters. The molecule has 0 saturated heterocycles. The topological polar surface area (TPSA) is 94.6 Å². The van der Waals surface area contributed by atoms with Crippen molar-refractivity contribution in [3.63, 3.8) is 0 Å². The zero-order valence-corrected chi connectivity index (χ0v) is 14.5. The third-order valence-corrected chi connectivity index (χ3v) is 3.88. The van der Waals surface area contributed by atoms with Gasteiger partial charge in [0, 0.05) is 12.6 Å². The molecular weight excluding hydrogens is 348 g/mol. The predicted molar refractivity (Wildman–Crippen MR) is 97.9 cm³/mol. The van der Waals surface area contributed by atoms with E-state index in [-0.39, 0.29) is 17.8 Å². The maximum Gasteiger partial charge on any atom is 0.282 e. The maximum atomic E-state index is 12.3. The molecule has 0 spiro atoms. The normalized spacial score (nSPS) is 10.5. The molecule has 0 bridgehead atoms. The molecular formula is C20H18N2O5.